The fourth-order valence-electron chi connectivity index (χ4n) is 2.44. The van der Waals surface area contributed by atoms with Gasteiger partial charge in [-0.1, -0.05) is 6.07 Å². The minimum absolute atomic E-state index is 0.164. The number of anilines is 1. The van der Waals surface area contributed by atoms with Crippen molar-refractivity contribution in [2.75, 3.05) is 32.4 Å². The maximum Gasteiger partial charge on any atom is 0.138 e. The summed E-state index contributed by atoms with van der Waals surface area (Å²) in [7, 11) is 2.18. The van der Waals surface area contributed by atoms with Crippen LogP contribution in [-0.2, 0) is 6.54 Å². The quantitative estimate of drug-likeness (QED) is 0.616. The van der Waals surface area contributed by atoms with Crippen LogP contribution in [0.3, 0.4) is 0 Å². The van der Waals surface area contributed by atoms with E-state index in [1.165, 1.54) is 0 Å². The van der Waals surface area contributed by atoms with Gasteiger partial charge < -0.3 is 10.8 Å². The molecule has 0 unspecified atom stereocenters. The monoisotopic (exact) mass is 249 g/mol. The molecule has 1 aromatic rings. The van der Waals surface area contributed by atoms with Crippen molar-refractivity contribution in [2.45, 2.75) is 25.9 Å². The van der Waals surface area contributed by atoms with E-state index in [1.54, 1.807) is 6.07 Å². The number of phenols is 1. The summed E-state index contributed by atoms with van der Waals surface area (Å²) in [6.07, 6.45) is 0. The zero-order valence-electron chi connectivity index (χ0n) is 11.5. The number of aromatic hydroxyl groups is 1. The van der Waals surface area contributed by atoms with Crippen molar-refractivity contribution in [1.29, 1.82) is 0 Å². The van der Waals surface area contributed by atoms with E-state index in [-0.39, 0.29) is 11.3 Å². The van der Waals surface area contributed by atoms with Crippen molar-refractivity contribution in [3.8, 4) is 5.75 Å². The molecule has 4 nitrogen and oxygen atoms in total. The lowest BCUT2D eigenvalue weighted by Crippen LogP contribution is -2.57. The van der Waals surface area contributed by atoms with Crippen LogP contribution in [0, 0.1) is 0 Å². The number of phenolic OH excluding ortho intramolecular Hbond substituents is 1. The van der Waals surface area contributed by atoms with Gasteiger partial charge in [0.1, 0.15) is 5.75 Å². The number of nitrogens with two attached hydrogens (primary N) is 1. The van der Waals surface area contributed by atoms with Gasteiger partial charge in [-0.3, -0.25) is 9.80 Å². The highest BCUT2D eigenvalue weighted by atomic mass is 16.3. The van der Waals surface area contributed by atoms with Crippen LogP contribution in [0.25, 0.3) is 0 Å². The molecule has 0 aliphatic carbocycles. The molecular weight excluding hydrogens is 226 g/mol. The van der Waals surface area contributed by atoms with Gasteiger partial charge in [-0.25, -0.2) is 0 Å². The summed E-state index contributed by atoms with van der Waals surface area (Å²) >= 11 is 0. The molecule has 0 aromatic heterocycles. The smallest absolute Gasteiger partial charge is 0.138 e. The molecule has 1 saturated heterocycles. The highest BCUT2D eigenvalue weighted by Gasteiger charge is 2.30. The van der Waals surface area contributed by atoms with Gasteiger partial charge in [0.05, 0.1) is 5.69 Å². The molecule has 0 bridgehead atoms. The summed E-state index contributed by atoms with van der Waals surface area (Å²) in [6.45, 7) is 8.63. The van der Waals surface area contributed by atoms with E-state index >= 15 is 0 Å². The van der Waals surface area contributed by atoms with Crippen LogP contribution < -0.4 is 5.73 Å². The van der Waals surface area contributed by atoms with Crippen LogP contribution in [0.2, 0.25) is 0 Å². The zero-order valence-corrected chi connectivity index (χ0v) is 11.5. The second-order valence-corrected chi connectivity index (χ2v) is 5.84. The molecular formula is C14H23N3O. The van der Waals surface area contributed by atoms with Gasteiger partial charge in [0.2, 0.25) is 0 Å². The minimum atomic E-state index is 0.164. The second-order valence-electron chi connectivity index (χ2n) is 5.84. The highest BCUT2D eigenvalue weighted by Crippen LogP contribution is 2.24. The molecule has 1 aliphatic rings. The van der Waals surface area contributed by atoms with Crippen LogP contribution in [0.4, 0.5) is 5.69 Å². The molecule has 3 N–H and O–H groups in total. The predicted octanol–water partition coefficient (Wildman–Crippen LogP) is 1.50. The molecule has 1 fully saturated rings. The summed E-state index contributed by atoms with van der Waals surface area (Å²) in [6, 6.07) is 5.48. The standard InChI is InChI=1S/C14H23N3O/c1-14(2)10-17(7-6-16(14)3)9-11-4-5-13(18)12(15)8-11/h4-5,8,18H,6-7,9-10,15H2,1-3H3. The van der Waals surface area contributed by atoms with Crippen molar-refractivity contribution >= 4 is 5.69 Å². The van der Waals surface area contributed by atoms with Crippen molar-refractivity contribution in [3.05, 3.63) is 23.8 Å². The maximum atomic E-state index is 9.42. The Morgan fingerprint density at radius 3 is 2.67 bits per heavy atom. The lowest BCUT2D eigenvalue weighted by Gasteiger charge is -2.45. The minimum Gasteiger partial charge on any atom is -0.506 e. The first-order chi connectivity index (χ1) is 8.38. The molecule has 0 radical (unpaired) electrons. The van der Waals surface area contributed by atoms with E-state index in [0.717, 1.165) is 31.7 Å². The number of nitrogen functional groups attached to an aromatic ring is 1. The van der Waals surface area contributed by atoms with E-state index in [0.29, 0.717) is 5.69 Å². The maximum absolute atomic E-state index is 9.42. The van der Waals surface area contributed by atoms with Crippen LogP contribution in [0.5, 0.6) is 5.75 Å². The SMILES string of the molecule is CN1CCN(Cc2ccc(O)c(N)c2)CC1(C)C. The Labute approximate surface area is 109 Å². The third-order valence-electron chi connectivity index (χ3n) is 3.89. The molecule has 4 heteroatoms. The van der Waals surface area contributed by atoms with Crippen molar-refractivity contribution in [3.63, 3.8) is 0 Å². The van der Waals surface area contributed by atoms with E-state index < -0.39 is 0 Å². The summed E-state index contributed by atoms with van der Waals surface area (Å²) < 4.78 is 0. The summed E-state index contributed by atoms with van der Waals surface area (Å²) in [5.41, 5.74) is 7.55. The Morgan fingerprint density at radius 1 is 1.33 bits per heavy atom. The van der Waals surface area contributed by atoms with E-state index in [9.17, 15) is 5.11 Å². The third-order valence-corrected chi connectivity index (χ3v) is 3.89. The summed E-state index contributed by atoms with van der Waals surface area (Å²) in [5.74, 6) is 0.164. The normalized spacial score (nSPS) is 21.1. The number of nitrogens with zero attached hydrogens (tertiary/aromatic N) is 2. The first kappa shape index (κ1) is 13.2. The second kappa shape index (κ2) is 4.78. The van der Waals surface area contributed by atoms with Gasteiger partial charge in [0, 0.05) is 31.7 Å². The molecule has 1 heterocycles. The van der Waals surface area contributed by atoms with Crippen LogP contribution in [-0.4, -0.2) is 47.1 Å². The molecule has 0 atom stereocenters. The first-order valence-corrected chi connectivity index (χ1v) is 6.39. The van der Waals surface area contributed by atoms with Gasteiger partial charge in [0.25, 0.3) is 0 Å². The summed E-state index contributed by atoms with van der Waals surface area (Å²) in [5, 5.41) is 9.42. The lowest BCUT2D eigenvalue weighted by molar-refractivity contribution is 0.0360. The Morgan fingerprint density at radius 2 is 2.06 bits per heavy atom. The molecule has 18 heavy (non-hydrogen) atoms. The molecule has 1 aliphatic heterocycles. The molecule has 100 valence electrons. The topological polar surface area (TPSA) is 52.7 Å². The van der Waals surface area contributed by atoms with Gasteiger partial charge in [-0.2, -0.15) is 0 Å². The molecule has 0 saturated carbocycles. The van der Waals surface area contributed by atoms with Gasteiger partial charge in [0.15, 0.2) is 0 Å². The van der Waals surface area contributed by atoms with E-state index in [4.69, 9.17) is 5.73 Å². The van der Waals surface area contributed by atoms with Crippen molar-refractivity contribution in [2.24, 2.45) is 0 Å². The number of piperazine rings is 1. The van der Waals surface area contributed by atoms with Crippen LogP contribution >= 0.6 is 0 Å². The fraction of sp³-hybridized carbons (Fsp3) is 0.571. The first-order valence-electron chi connectivity index (χ1n) is 6.39. The number of hydrogen-bond acceptors (Lipinski definition) is 4. The molecule has 0 amide bonds. The van der Waals surface area contributed by atoms with Crippen molar-refractivity contribution in [1.82, 2.24) is 9.80 Å². The lowest BCUT2D eigenvalue weighted by atomic mass is 9.99. The van der Waals surface area contributed by atoms with Gasteiger partial charge in [-0.05, 0) is 38.6 Å². The van der Waals surface area contributed by atoms with E-state index in [1.807, 2.05) is 12.1 Å². The number of likely N-dealkylation sites (N-methyl/N-ethyl adjacent to an activating group) is 1. The third kappa shape index (κ3) is 2.76. The average Bonchev–Trinajstić information content (AvgIpc) is 2.28. The fourth-order valence-corrected chi connectivity index (χ4v) is 2.44. The van der Waals surface area contributed by atoms with Crippen molar-refractivity contribution < 1.29 is 5.11 Å². The Kier molecular flexibility index (Phi) is 3.50. The molecule has 2 rings (SSSR count). The zero-order chi connectivity index (χ0) is 13.3. The molecule has 0 spiro atoms. The molecule has 1 aromatic carbocycles. The average molecular weight is 249 g/mol. The number of benzene rings is 1. The Balaban J connectivity index is 2.04. The highest BCUT2D eigenvalue weighted by molar-refractivity contribution is 5.53. The van der Waals surface area contributed by atoms with Gasteiger partial charge >= 0.3 is 0 Å². The summed E-state index contributed by atoms with van der Waals surface area (Å²) in [4.78, 5) is 4.83. The Bertz CT molecular complexity index is 431. The Hall–Kier alpha value is -1.26. The van der Waals surface area contributed by atoms with E-state index in [2.05, 4.69) is 30.7 Å². The number of rotatable bonds is 2. The van der Waals surface area contributed by atoms with Crippen LogP contribution in [0.15, 0.2) is 18.2 Å². The number of hydrogen-bond donors (Lipinski definition) is 2. The van der Waals surface area contributed by atoms with Gasteiger partial charge in [-0.15, -0.1) is 0 Å². The van der Waals surface area contributed by atoms with Crippen LogP contribution in [0.1, 0.15) is 19.4 Å². The largest absolute Gasteiger partial charge is 0.506 e. The predicted molar refractivity (Wildman–Crippen MR) is 74.5 cm³/mol.